The molecule has 0 aromatic carbocycles. The average Bonchev–Trinajstić information content (AvgIpc) is 3.18. The zero-order valence-electron chi connectivity index (χ0n) is 22.9. The van der Waals surface area contributed by atoms with Crippen molar-refractivity contribution in [2.75, 3.05) is 0 Å². The molecule has 0 amide bonds. The summed E-state index contributed by atoms with van der Waals surface area (Å²) in [5.41, 5.74) is 1.70. The van der Waals surface area contributed by atoms with Crippen LogP contribution in [0.25, 0.3) is 0 Å². The van der Waals surface area contributed by atoms with Gasteiger partial charge in [0.15, 0.2) is 6.29 Å². The van der Waals surface area contributed by atoms with Gasteiger partial charge in [-0.25, -0.2) is 0 Å². The Balaban J connectivity index is 1.20. The van der Waals surface area contributed by atoms with Gasteiger partial charge in [0.2, 0.25) is 0 Å². The highest BCUT2D eigenvalue weighted by atomic mass is 16.7. The Hall–Kier alpha value is -1.48. The second-order valence-electron chi connectivity index (χ2n) is 13.3. The van der Waals surface area contributed by atoms with Gasteiger partial charge in [0.25, 0.3) is 0 Å². The molecule has 2 heterocycles. The third-order valence-electron chi connectivity index (χ3n) is 11.6. The van der Waals surface area contributed by atoms with E-state index >= 15 is 0 Å². The molecule has 12 atom stereocenters. The summed E-state index contributed by atoms with van der Waals surface area (Å²) in [7, 11) is 0. The summed E-state index contributed by atoms with van der Waals surface area (Å²) < 4.78 is 17.5. The fraction of sp³-hybridized carbons (Fsp3) is 0.742. The van der Waals surface area contributed by atoms with Crippen LogP contribution in [0.15, 0.2) is 48.0 Å². The van der Waals surface area contributed by atoms with Crippen LogP contribution < -0.4 is 0 Å². The Morgan fingerprint density at radius 3 is 2.47 bits per heavy atom. The number of rotatable bonds is 3. The summed E-state index contributed by atoms with van der Waals surface area (Å²) in [6.07, 6.45) is 10.1. The quantitative estimate of drug-likeness (QED) is 0.412. The zero-order chi connectivity index (χ0) is 27.0. The van der Waals surface area contributed by atoms with Gasteiger partial charge in [-0.1, -0.05) is 38.2 Å². The van der Waals surface area contributed by atoms with Crippen LogP contribution in [0.4, 0.5) is 0 Å². The van der Waals surface area contributed by atoms with E-state index in [-0.39, 0.29) is 28.8 Å². The molecule has 0 radical (unpaired) electrons. The van der Waals surface area contributed by atoms with E-state index in [1.165, 1.54) is 11.1 Å². The third-order valence-corrected chi connectivity index (χ3v) is 11.6. The Morgan fingerprint density at radius 2 is 1.74 bits per heavy atom. The van der Waals surface area contributed by atoms with Crippen molar-refractivity contribution in [3.63, 3.8) is 0 Å². The van der Waals surface area contributed by atoms with E-state index in [1.54, 1.807) is 6.92 Å². The van der Waals surface area contributed by atoms with Crippen LogP contribution in [0.1, 0.15) is 72.1 Å². The second-order valence-corrected chi connectivity index (χ2v) is 13.3. The number of hydrogen-bond donors (Lipinski definition) is 4. The first-order valence-corrected chi connectivity index (χ1v) is 14.5. The minimum Gasteiger partial charge on any atom is -0.465 e. The summed E-state index contributed by atoms with van der Waals surface area (Å²) in [5.74, 6) is 1.62. The number of allylic oxidation sites excluding steroid dienone is 4. The van der Waals surface area contributed by atoms with Crippen molar-refractivity contribution < 1.29 is 34.6 Å². The van der Waals surface area contributed by atoms with E-state index in [9.17, 15) is 20.4 Å². The fourth-order valence-electron chi connectivity index (χ4n) is 9.22. The number of fused-ring (bicyclic) bond motifs is 5. The van der Waals surface area contributed by atoms with Gasteiger partial charge in [0, 0.05) is 5.41 Å². The molecule has 4 N–H and O–H groups in total. The molecule has 6 aliphatic rings. The molecule has 0 aromatic rings. The standard InChI is InChI=1S/C31H44O7/c1-17-5-6-19(16-36-17)22-11-14-31(35)24-8-7-20-15-21(38-28-27(34)26(33)25(32)18(2)37-28)9-12-29(20,3)23(24)10-13-30(22,31)4/h5-6,15-16,18,21-28,32-35H,1,7-14H2,2-4H3/t18-,21-,22+,23-,24+,25-,26+,27+,28-,29-,30+,31-/m0/s1. The highest BCUT2D eigenvalue weighted by Gasteiger charge is 2.67. The Kier molecular flexibility index (Phi) is 6.53. The van der Waals surface area contributed by atoms with E-state index in [0.29, 0.717) is 11.7 Å². The number of hydrogen-bond acceptors (Lipinski definition) is 7. The molecule has 1 saturated heterocycles. The normalized spacial score (nSPS) is 52.3. The molecule has 210 valence electrons. The lowest BCUT2D eigenvalue weighted by Crippen LogP contribution is -2.61. The predicted octanol–water partition coefficient (Wildman–Crippen LogP) is 3.88. The van der Waals surface area contributed by atoms with Crippen molar-refractivity contribution in [3.8, 4) is 0 Å². The summed E-state index contributed by atoms with van der Waals surface area (Å²) in [5, 5.41) is 43.1. The van der Waals surface area contributed by atoms with Gasteiger partial charge in [-0.15, -0.1) is 0 Å². The highest BCUT2D eigenvalue weighted by Crippen LogP contribution is 2.69. The van der Waals surface area contributed by atoms with Gasteiger partial charge in [-0.3, -0.25) is 0 Å². The van der Waals surface area contributed by atoms with Crippen LogP contribution in [0, 0.1) is 28.6 Å². The SMILES string of the molecule is C=C1C=CC([C@H]2CC[C@]3(O)[C@@H]4CCC5=C[C@@H](O[C@@H]6O[C@@H](C)[C@H](O)[C@@H](O)[C@H]6O)CC[C@]5(C)[C@H]4CC[C@]23C)=CO1. The number of ether oxygens (including phenoxy) is 3. The Labute approximate surface area is 225 Å². The van der Waals surface area contributed by atoms with Crippen LogP contribution in [0.3, 0.4) is 0 Å². The maximum absolute atomic E-state index is 12.4. The molecule has 4 fully saturated rings. The third kappa shape index (κ3) is 3.84. The van der Waals surface area contributed by atoms with Gasteiger partial charge >= 0.3 is 0 Å². The van der Waals surface area contributed by atoms with Crippen LogP contribution >= 0.6 is 0 Å². The second kappa shape index (κ2) is 9.28. The van der Waals surface area contributed by atoms with Crippen molar-refractivity contribution in [3.05, 3.63) is 48.0 Å². The molecule has 0 bridgehead atoms. The van der Waals surface area contributed by atoms with Crippen molar-refractivity contribution >= 4 is 0 Å². The van der Waals surface area contributed by atoms with Crippen LogP contribution in [0.5, 0.6) is 0 Å². The van der Waals surface area contributed by atoms with E-state index in [0.717, 1.165) is 51.4 Å². The maximum atomic E-state index is 12.4. The summed E-state index contributed by atoms with van der Waals surface area (Å²) in [4.78, 5) is 0. The predicted molar refractivity (Wildman–Crippen MR) is 141 cm³/mol. The number of aliphatic hydroxyl groups is 4. The number of aliphatic hydroxyl groups excluding tert-OH is 3. The van der Waals surface area contributed by atoms with Crippen molar-refractivity contribution in [1.82, 2.24) is 0 Å². The van der Waals surface area contributed by atoms with Crippen LogP contribution in [-0.4, -0.2) is 62.8 Å². The van der Waals surface area contributed by atoms with Gasteiger partial charge < -0.3 is 34.6 Å². The van der Waals surface area contributed by atoms with Crippen molar-refractivity contribution in [2.24, 2.45) is 28.6 Å². The molecule has 6 rings (SSSR count). The van der Waals surface area contributed by atoms with Gasteiger partial charge in [0.1, 0.15) is 24.1 Å². The van der Waals surface area contributed by atoms with Gasteiger partial charge in [-0.2, -0.15) is 0 Å². The summed E-state index contributed by atoms with van der Waals surface area (Å²) >= 11 is 0. The molecule has 0 aromatic heterocycles. The van der Waals surface area contributed by atoms with Crippen LogP contribution in [-0.2, 0) is 14.2 Å². The first kappa shape index (κ1) is 26.7. The average molecular weight is 529 g/mol. The first-order chi connectivity index (χ1) is 18.0. The lowest BCUT2D eigenvalue weighted by atomic mass is 9.45. The molecule has 0 unspecified atom stereocenters. The Morgan fingerprint density at radius 1 is 0.947 bits per heavy atom. The molecule has 38 heavy (non-hydrogen) atoms. The molecular formula is C31H44O7. The van der Waals surface area contributed by atoms with Crippen molar-refractivity contribution in [2.45, 2.75) is 115 Å². The largest absolute Gasteiger partial charge is 0.465 e. The zero-order valence-corrected chi connectivity index (χ0v) is 22.9. The lowest BCUT2D eigenvalue weighted by Gasteiger charge is -2.62. The van der Waals surface area contributed by atoms with Crippen molar-refractivity contribution in [1.29, 1.82) is 0 Å². The molecule has 7 heteroatoms. The smallest absolute Gasteiger partial charge is 0.187 e. The van der Waals surface area contributed by atoms with E-state index in [4.69, 9.17) is 14.2 Å². The fourth-order valence-corrected chi connectivity index (χ4v) is 9.22. The lowest BCUT2D eigenvalue weighted by molar-refractivity contribution is -0.301. The molecule has 0 spiro atoms. The van der Waals surface area contributed by atoms with Gasteiger partial charge in [0.05, 0.1) is 24.1 Å². The van der Waals surface area contributed by atoms with E-state index < -0.39 is 36.3 Å². The molecule has 3 saturated carbocycles. The topological polar surface area (TPSA) is 109 Å². The molecule has 2 aliphatic heterocycles. The van der Waals surface area contributed by atoms with E-state index in [2.05, 4.69) is 32.6 Å². The monoisotopic (exact) mass is 528 g/mol. The summed E-state index contributed by atoms with van der Waals surface area (Å²) in [6, 6.07) is 0. The molecule has 4 aliphatic carbocycles. The maximum Gasteiger partial charge on any atom is 0.187 e. The molecular weight excluding hydrogens is 484 g/mol. The Bertz CT molecular complexity index is 1060. The van der Waals surface area contributed by atoms with Crippen LogP contribution in [0.2, 0.25) is 0 Å². The minimum absolute atomic E-state index is 0.0117. The minimum atomic E-state index is -1.29. The molecule has 7 nitrogen and oxygen atoms in total. The van der Waals surface area contributed by atoms with Gasteiger partial charge in [-0.05, 0) is 93.1 Å². The van der Waals surface area contributed by atoms with E-state index in [1.807, 2.05) is 12.3 Å². The highest BCUT2D eigenvalue weighted by molar-refractivity contribution is 5.35. The summed E-state index contributed by atoms with van der Waals surface area (Å²) in [6.45, 7) is 10.2. The first-order valence-electron chi connectivity index (χ1n) is 14.5.